The molecule has 0 unspecified atom stereocenters. The molecule has 7 heteroatoms. The number of hydrogen-bond donors (Lipinski definition) is 0. The van der Waals surface area contributed by atoms with Gasteiger partial charge >= 0.3 is 0 Å². The van der Waals surface area contributed by atoms with E-state index in [1.807, 2.05) is 30.9 Å². The molecule has 182 valence electrons. The summed E-state index contributed by atoms with van der Waals surface area (Å²) in [6.45, 7) is 5.39. The Bertz CT molecular complexity index is 1120. The van der Waals surface area contributed by atoms with Crippen molar-refractivity contribution in [3.05, 3.63) is 59.4 Å². The van der Waals surface area contributed by atoms with Gasteiger partial charge in [-0.2, -0.15) is 0 Å². The van der Waals surface area contributed by atoms with Crippen LogP contribution in [-0.2, 0) is 25.8 Å². The molecule has 2 atom stereocenters. The molecule has 0 N–H and O–H groups in total. The molecule has 1 aromatic carbocycles. The van der Waals surface area contributed by atoms with Crippen LogP contribution in [0.25, 0.3) is 0 Å². The summed E-state index contributed by atoms with van der Waals surface area (Å²) in [6, 6.07) is 10.7. The Morgan fingerprint density at radius 1 is 1.09 bits per heavy atom. The van der Waals surface area contributed by atoms with E-state index in [1.165, 1.54) is 0 Å². The molecular weight excluding hydrogens is 448 g/mol. The van der Waals surface area contributed by atoms with E-state index in [0.29, 0.717) is 24.3 Å². The van der Waals surface area contributed by atoms with E-state index in [2.05, 4.69) is 4.98 Å². The maximum atomic E-state index is 13.5. The molecule has 2 aliphatic rings. The topological polar surface area (TPSA) is 84.4 Å². The number of aromatic nitrogens is 1. The minimum absolute atomic E-state index is 0.0764. The summed E-state index contributed by atoms with van der Waals surface area (Å²) in [5, 5.41) is -0.256. The quantitative estimate of drug-likeness (QED) is 0.505. The highest BCUT2D eigenvalue weighted by Gasteiger charge is 2.37. The third-order valence-electron chi connectivity index (χ3n) is 6.96. The second-order valence-corrected chi connectivity index (χ2v) is 12.0. The second-order valence-electron chi connectivity index (χ2n) is 9.82. The maximum Gasteiger partial charge on any atom is 0.222 e. The molecule has 1 saturated heterocycles. The smallest absolute Gasteiger partial charge is 0.222 e. The van der Waals surface area contributed by atoms with Crippen LogP contribution in [0.15, 0.2) is 47.5 Å². The fourth-order valence-electron chi connectivity index (χ4n) is 4.78. The van der Waals surface area contributed by atoms with E-state index < -0.39 is 9.84 Å². The standard InChI is InChI=1S/C27H34N2O4S/c1-3-4-27(31)29-14-13-20(18-29)15-25(26(30)16-22-8-5-19(2)17-28-22)21-6-9-23(10-7-21)34(32,33)24-11-12-24/h5-10,17,20,24-25H,3-4,11-16,18H2,1-2H3/t20-,25-/m1/s1. The number of likely N-dealkylation sites (tertiary alicyclic amines) is 1. The molecule has 0 radical (unpaired) electrons. The van der Waals surface area contributed by atoms with Gasteiger partial charge in [0.15, 0.2) is 9.84 Å². The Morgan fingerprint density at radius 2 is 1.82 bits per heavy atom. The fraction of sp³-hybridized carbons (Fsp3) is 0.519. The van der Waals surface area contributed by atoms with E-state index in [4.69, 9.17) is 0 Å². The van der Waals surface area contributed by atoms with Crippen LogP contribution in [0.2, 0.25) is 0 Å². The van der Waals surface area contributed by atoms with E-state index >= 15 is 0 Å². The first kappa shape index (κ1) is 24.6. The van der Waals surface area contributed by atoms with Crippen molar-refractivity contribution in [2.24, 2.45) is 5.92 Å². The number of carbonyl (C=O) groups excluding carboxylic acids is 2. The highest BCUT2D eigenvalue weighted by Crippen LogP contribution is 2.35. The first-order valence-corrected chi connectivity index (χ1v) is 13.9. The van der Waals surface area contributed by atoms with Crippen molar-refractivity contribution in [3.8, 4) is 0 Å². The number of hydrogen-bond acceptors (Lipinski definition) is 5. The Hall–Kier alpha value is -2.54. The molecule has 1 saturated carbocycles. The molecule has 1 aliphatic heterocycles. The number of amides is 1. The van der Waals surface area contributed by atoms with Crippen molar-refractivity contribution < 1.29 is 18.0 Å². The average Bonchev–Trinajstić information content (AvgIpc) is 3.59. The molecular formula is C27H34N2O4S. The SMILES string of the molecule is CCCC(=O)N1CC[C@H](C[C@@H](C(=O)Cc2ccc(C)cn2)c2ccc(S(=O)(=O)C3CC3)cc2)C1. The Balaban J connectivity index is 1.53. The first-order valence-electron chi connectivity index (χ1n) is 12.3. The number of carbonyl (C=O) groups is 2. The van der Waals surface area contributed by atoms with Crippen molar-refractivity contribution >= 4 is 21.5 Å². The van der Waals surface area contributed by atoms with Crippen LogP contribution in [0.4, 0.5) is 0 Å². The van der Waals surface area contributed by atoms with Crippen molar-refractivity contribution in [3.63, 3.8) is 0 Å². The lowest BCUT2D eigenvalue weighted by Crippen LogP contribution is -2.29. The molecule has 6 nitrogen and oxygen atoms in total. The average molecular weight is 483 g/mol. The molecule has 0 bridgehead atoms. The lowest BCUT2D eigenvalue weighted by atomic mass is 9.84. The molecule has 4 rings (SSSR count). The second kappa shape index (κ2) is 10.4. The number of ketones is 1. The minimum Gasteiger partial charge on any atom is -0.342 e. The minimum atomic E-state index is -3.26. The van der Waals surface area contributed by atoms with E-state index in [0.717, 1.165) is 49.0 Å². The zero-order chi connectivity index (χ0) is 24.3. The third kappa shape index (κ3) is 5.74. The van der Waals surface area contributed by atoms with Gasteiger partial charge in [-0.1, -0.05) is 25.1 Å². The van der Waals surface area contributed by atoms with Crippen molar-refractivity contribution in [1.82, 2.24) is 9.88 Å². The lowest BCUT2D eigenvalue weighted by molar-refractivity contribution is -0.130. The molecule has 2 heterocycles. The maximum absolute atomic E-state index is 13.5. The van der Waals surface area contributed by atoms with Crippen LogP contribution in [0.3, 0.4) is 0 Å². The number of benzene rings is 1. The molecule has 0 spiro atoms. The van der Waals surface area contributed by atoms with Gasteiger partial charge in [-0.15, -0.1) is 0 Å². The van der Waals surface area contributed by atoms with Crippen molar-refractivity contribution in [2.75, 3.05) is 13.1 Å². The number of rotatable bonds is 10. The van der Waals surface area contributed by atoms with Crippen LogP contribution >= 0.6 is 0 Å². The Labute approximate surface area is 202 Å². The summed E-state index contributed by atoms with van der Waals surface area (Å²) in [7, 11) is -3.26. The summed E-state index contributed by atoms with van der Waals surface area (Å²) in [5.74, 6) is 0.154. The zero-order valence-corrected chi connectivity index (χ0v) is 20.9. The summed E-state index contributed by atoms with van der Waals surface area (Å²) < 4.78 is 25.2. The summed E-state index contributed by atoms with van der Waals surface area (Å²) in [6.07, 6.45) is 6.38. The van der Waals surface area contributed by atoms with Gasteiger partial charge < -0.3 is 4.90 Å². The molecule has 2 fully saturated rings. The van der Waals surface area contributed by atoms with Crippen LogP contribution in [0, 0.1) is 12.8 Å². The fourth-order valence-corrected chi connectivity index (χ4v) is 6.43. The summed E-state index contributed by atoms with van der Waals surface area (Å²) in [4.78, 5) is 32.5. The predicted octanol–water partition coefficient (Wildman–Crippen LogP) is 4.26. The summed E-state index contributed by atoms with van der Waals surface area (Å²) in [5.41, 5.74) is 2.62. The Morgan fingerprint density at radius 3 is 2.44 bits per heavy atom. The van der Waals surface area contributed by atoms with Crippen molar-refractivity contribution in [2.45, 2.75) is 74.9 Å². The molecule has 34 heavy (non-hydrogen) atoms. The number of pyridine rings is 1. The molecule has 2 aromatic rings. The van der Waals surface area contributed by atoms with Crippen LogP contribution in [-0.4, -0.2) is 48.3 Å². The van der Waals surface area contributed by atoms with Gasteiger partial charge in [-0.3, -0.25) is 14.6 Å². The predicted molar refractivity (Wildman–Crippen MR) is 131 cm³/mol. The highest BCUT2D eigenvalue weighted by molar-refractivity contribution is 7.92. The van der Waals surface area contributed by atoms with Gasteiger partial charge in [0.2, 0.25) is 5.91 Å². The number of aryl methyl sites for hydroxylation is 1. The largest absolute Gasteiger partial charge is 0.342 e. The van der Waals surface area contributed by atoms with Gasteiger partial charge in [0.1, 0.15) is 5.78 Å². The normalized spacial score (nSPS) is 19.2. The van der Waals surface area contributed by atoms with Gasteiger partial charge in [0.25, 0.3) is 0 Å². The van der Waals surface area contributed by atoms with Crippen molar-refractivity contribution in [1.29, 1.82) is 0 Å². The van der Waals surface area contributed by atoms with Gasteiger partial charge in [0.05, 0.1) is 10.1 Å². The van der Waals surface area contributed by atoms with Gasteiger partial charge in [-0.05, 0) is 74.3 Å². The highest BCUT2D eigenvalue weighted by atomic mass is 32.2. The monoisotopic (exact) mass is 482 g/mol. The number of nitrogens with zero attached hydrogens (tertiary/aromatic N) is 2. The molecule has 1 aromatic heterocycles. The first-order chi connectivity index (χ1) is 16.3. The lowest BCUT2D eigenvalue weighted by Gasteiger charge is -2.21. The van der Waals surface area contributed by atoms with Gasteiger partial charge in [0, 0.05) is 43.7 Å². The number of Topliss-reactive ketones (excluding diaryl/α,β-unsaturated/α-hetero) is 1. The molecule has 1 aliphatic carbocycles. The third-order valence-corrected chi connectivity index (χ3v) is 9.24. The van der Waals surface area contributed by atoms with E-state index in [-0.39, 0.29) is 35.2 Å². The number of sulfone groups is 1. The summed E-state index contributed by atoms with van der Waals surface area (Å²) >= 11 is 0. The van der Waals surface area contributed by atoms with E-state index in [1.54, 1.807) is 30.5 Å². The zero-order valence-electron chi connectivity index (χ0n) is 20.1. The van der Waals surface area contributed by atoms with Gasteiger partial charge in [-0.25, -0.2) is 8.42 Å². The van der Waals surface area contributed by atoms with Crippen LogP contribution in [0.5, 0.6) is 0 Å². The Kier molecular flexibility index (Phi) is 7.51. The van der Waals surface area contributed by atoms with E-state index in [9.17, 15) is 18.0 Å². The van der Waals surface area contributed by atoms with Crippen LogP contribution < -0.4 is 0 Å². The molecule has 1 amide bonds. The van der Waals surface area contributed by atoms with Crippen LogP contribution in [0.1, 0.15) is 68.2 Å².